The third kappa shape index (κ3) is 2.99. The van der Waals surface area contributed by atoms with Gasteiger partial charge in [0, 0.05) is 25.7 Å². The highest BCUT2D eigenvalue weighted by atomic mass is 16.5. The summed E-state index contributed by atoms with van der Waals surface area (Å²) in [5.41, 5.74) is 9.66. The van der Waals surface area contributed by atoms with Crippen molar-refractivity contribution in [2.75, 3.05) is 32.0 Å². The molecular weight excluding hydrogens is 356 g/mol. The smallest absolute Gasteiger partial charge is 0.226 e. The summed E-state index contributed by atoms with van der Waals surface area (Å²) in [6.07, 6.45) is 5.44. The first-order chi connectivity index (χ1) is 13.6. The fourth-order valence-electron chi connectivity index (χ4n) is 4.56. The number of hydrogen-bond acceptors (Lipinski definition) is 6. The van der Waals surface area contributed by atoms with E-state index in [-0.39, 0.29) is 11.9 Å². The predicted octanol–water partition coefficient (Wildman–Crippen LogP) is 1.63. The topological polar surface area (TPSA) is 90.6 Å². The van der Waals surface area contributed by atoms with E-state index in [4.69, 9.17) is 15.2 Å². The summed E-state index contributed by atoms with van der Waals surface area (Å²) in [6.45, 7) is 2.72. The molecule has 2 N–H and O–H groups in total. The van der Waals surface area contributed by atoms with Gasteiger partial charge in [-0.05, 0) is 42.0 Å². The van der Waals surface area contributed by atoms with E-state index in [9.17, 15) is 4.79 Å². The molecule has 4 heterocycles. The lowest BCUT2D eigenvalue weighted by molar-refractivity contribution is -0.140. The number of rotatable bonds is 2. The number of carbonyl (C=O) groups is 1. The monoisotopic (exact) mass is 380 g/mol. The van der Waals surface area contributed by atoms with Crippen LogP contribution in [-0.4, -0.2) is 47.1 Å². The van der Waals surface area contributed by atoms with Gasteiger partial charge in [-0.15, -0.1) is 0 Å². The molecule has 0 bridgehead atoms. The number of anilines is 1. The normalized spacial score (nSPS) is 19.8. The van der Waals surface area contributed by atoms with Crippen molar-refractivity contribution in [3.8, 4) is 5.75 Å². The predicted molar refractivity (Wildman–Crippen MR) is 103 cm³/mol. The minimum absolute atomic E-state index is 0.159. The molecule has 28 heavy (non-hydrogen) atoms. The highest BCUT2D eigenvalue weighted by molar-refractivity contribution is 5.79. The molecule has 0 aliphatic carbocycles. The summed E-state index contributed by atoms with van der Waals surface area (Å²) in [5, 5.41) is 0. The third-order valence-corrected chi connectivity index (χ3v) is 6.10. The van der Waals surface area contributed by atoms with Crippen LogP contribution in [0.5, 0.6) is 5.75 Å². The van der Waals surface area contributed by atoms with Crippen LogP contribution in [0.3, 0.4) is 0 Å². The number of fused-ring (bicyclic) bond motifs is 3. The Morgan fingerprint density at radius 2 is 2.00 bits per heavy atom. The summed E-state index contributed by atoms with van der Waals surface area (Å²) >= 11 is 0. The van der Waals surface area contributed by atoms with Crippen molar-refractivity contribution in [3.63, 3.8) is 0 Å². The second-order valence-corrected chi connectivity index (χ2v) is 7.79. The molecule has 1 spiro atoms. The minimum atomic E-state index is -0.438. The SMILES string of the molecule is Nc1ncc2c(n1)C1(CCN(C(=O)Cc3ccc4c(c3)CCO4)CC1)OCC2. The second-order valence-electron chi connectivity index (χ2n) is 7.79. The molecular formula is C21H24N4O3. The van der Waals surface area contributed by atoms with Gasteiger partial charge in [-0.2, -0.15) is 0 Å². The Hall–Kier alpha value is -2.67. The van der Waals surface area contributed by atoms with Crippen LogP contribution in [0.25, 0.3) is 0 Å². The van der Waals surface area contributed by atoms with Crippen molar-refractivity contribution in [2.24, 2.45) is 0 Å². The standard InChI is InChI=1S/C21H24N4O3/c22-20-23-13-16-4-10-28-21(19(16)24-20)5-7-25(8-6-21)18(26)12-14-1-2-17-15(11-14)3-9-27-17/h1-2,11,13H,3-10,12H2,(H2,22,23,24). The van der Waals surface area contributed by atoms with E-state index >= 15 is 0 Å². The average molecular weight is 380 g/mol. The van der Waals surface area contributed by atoms with Crippen molar-refractivity contribution >= 4 is 11.9 Å². The quantitative estimate of drug-likeness (QED) is 0.852. The molecule has 1 amide bonds. The number of nitrogens with two attached hydrogens (primary N) is 1. The van der Waals surface area contributed by atoms with Gasteiger partial charge in [0.05, 0.1) is 25.3 Å². The van der Waals surface area contributed by atoms with E-state index in [0.717, 1.165) is 54.9 Å². The van der Waals surface area contributed by atoms with Crippen molar-refractivity contribution in [3.05, 3.63) is 46.8 Å². The Balaban J connectivity index is 1.28. The molecule has 1 aromatic carbocycles. The van der Waals surface area contributed by atoms with Crippen LogP contribution in [0.2, 0.25) is 0 Å². The average Bonchev–Trinajstić information content (AvgIpc) is 3.17. The Labute approximate surface area is 163 Å². The van der Waals surface area contributed by atoms with Gasteiger partial charge in [0.2, 0.25) is 11.9 Å². The van der Waals surface area contributed by atoms with Gasteiger partial charge in [0.1, 0.15) is 11.4 Å². The third-order valence-electron chi connectivity index (χ3n) is 6.10. The minimum Gasteiger partial charge on any atom is -0.493 e. The van der Waals surface area contributed by atoms with Gasteiger partial charge >= 0.3 is 0 Å². The van der Waals surface area contributed by atoms with Crippen LogP contribution in [0.15, 0.2) is 24.4 Å². The second kappa shape index (κ2) is 6.74. The van der Waals surface area contributed by atoms with Gasteiger partial charge in [-0.1, -0.05) is 12.1 Å². The largest absolute Gasteiger partial charge is 0.493 e. The number of amides is 1. The maximum atomic E-state index is 12.8. The van der Waals surface area contributed by atoms with E-state index in [1.165, 1.54) is 5.56 Å². The lowest BCUT2D eigenvalue weighted by Crippen LogP contribution is -2.49. The van der Waals surface area contributed by atoms with Crippen molar-refractivity contribution in [1.82, 2.24) is 14.9 Å². The van der Waals surface area contributed by atoms with E-state index in [1.54, 1.807) is 0 Å². The van der Waals surface area contributed by atoms with E-state index < -0.39 is 5.60 Å². The highest BCUT2D eigenvalue weighted by Gasteiger charge is 2.43. The first-order valence-corrected chi connectivity index (χ1v) is 9.91. The van der Waals surface area contributed by atoms with Crippen LogP contribution in [0.4, 0.5) is 5.95 Å². The van der Waals surface area contributed by atoms with Gasteiger partial charge in [-0.3, -0.25) is 4.79 Å². The summed E-state index contributed by atoms with van der Waals surface area (Å²) in [7, 11) is 0. The van der Waals surface area contributed by atoms with Crippen LogP contribution in [0, 0.1) is 0 Å². The summed E-state index contributed by atoms with van der Waals surface area (Å²) in [6, 6.07) is 6.08. The summed E-state index contributed by atoms with van der Waals surface area (Å²) in [5.74, 6) is 1.39. The Bertz CT molecular complexity index is 922. The molecule has 0 radical (unpaired) electrons. The molecule has 1 fully saturated rings. The zero-order valence-corrected chi connectivity index (χ0v) is 15.8. The molecule has 1 saturated heterocycles. The Morgan fingerprint density at radius 3 is 2.86 bits per heavy atom. The molecule has 1 aromatic heterocycles. The number of nitrogen functional groups attached to an aromatic ring is 1. The number of likely N-dealkylation sites (tertiary alicyclic amines) is 1. The van der Waals surface area contributed by atoms with Gasteiger partial charge < -0.3 is 20.1 Å². The number of benzene rings is 1. The highest BCUT2D eigenvalue weighted by Crippen LogP contribution is 2.40. The van der Waals surface area contributed by atoms with Crippen LogP contribution < -0.4 is 10.5 Å². The molecule has 0 atom stereocenters. The molecule has 146 valence electrons. The zero-order valence-electron chi connectivity index (χ0n) is 15.8. The summed E-state index contributed by atoms with van der Waals surface area (Å²) in [4.78, 5) is 23.4. The lowest BCUT2D eigenvalue weighted by Gasteiger charge is -2.44. The molecule has 2 aromatic rings. The van der Waals surface area contributed by atoms with Gasteiger partial charge in [0.15, 0.2) is 0 Å². The van der Waals surface area contributed by atoms with E-state index in [2.05, 4.69) is 16.0 Å². The maximum Gasteiger partial charge on any atom is 0.226 e. The Morgan fingerprint density at radius 1 is 1.18 bits per heavy atom. The number of aromatic nitrogens is 2. The van der Waals surface area contributed by atoms with E-state index in [0.29, 0.717) is 26.1 Å². The summed E-state index contributed by atoms with van der Waals surface area (Å²) < 4.78 is 11.7. The Kier molecular flexibility index (Phi) is 4.19. The number of carbonyl (C=O) groups excluding carboxylic acids is 1. The van der Waals surface area contributed by atoms with Gasteiger partial charge in [-0.25, -0.2) is 9.97 Å². The number of hydrogen-bond donors (Lipinski definition) is 1. The van der Waals surface area contributed by atoms with Gasteiger partial charge in [0.25, 0.3) is 0 Å². The first kappa shape index (κ1) is 17.4. The molecule has 3 aliphatic rings. The number of nitrogens with zero attached hydrogens (tertiary/aromatic N) is 3. The van der Waals surface area contributed by atoms with E-state index in [1.807, 2.05) is 23.2 Å². The molecule has 0 unspecified atom stereocenters. The molecule has 5 rings (SSSR count). The van der Waals surface area contributed by atoms with Crippen LogP contribution >= 0.6 is 0 Å². The fraction of sp³-hybridized carbons (Fsp3) is 0.476. The number of piperidine rings is 1. The first-order valence-electron chi connectivity index (χ1n) is 9.91. The zero-order chi connectivity index (χ0) is 19.1. The van der Waals surface area contributed by atoms with Crippen molar-refractivity contribution < 1.29 is 14.3 Å². The molecule has 7 heteroatoms. The van der Waals surface area contributed by atoms with Crippen LogP contribution in [0.1, 0.15) is 35.2 Å². The molecule has 3 aliphatic heterocycles. The van der Waals surface area contributed by atoms with Crippen molar-refractivity contribution in [2.45, 2.75) is 37.7 Å². The molecule has 0 saturated carbocycles. The lowest BCUT2D eigenvalue weighted by atomic mass is 9.83. The maximum absolute atomic E-state index is 12.8. The fourth-order valence-corrected chi connectivity index (χ4v) is 4.56. The molecule has 7 nitrogen and oxygen atoms in total. The number of ether oxygens (including phenoxy) is 2. The van der Waals surface area contributed by atoms with Crippen molar-refractivity contribution in [1.29, 1.82) is 0 Å². The van der Waals surface area contributed by atoms with Crippen LogP contribution in [-0.2, 0) is 34.4 Å².